The van der Waals surface area contributed by atoms with Crippen molar-refractivity contribution in [2.24, 2.45) is 0 Å². The molecule has 31 heavy (non-hydrogen) atoms. The number of imidazole rings is 1. The second-order valence-corrected chi connectivity index (χ2v) is 8.74. The number of aromatic nitrogens is 4. The van der Waals surface area contributed by atoms with Crippen LogP contribution in [0.2, 0.25) is 0 Å². The first-order valence-electron chi connectivity index (χ1n) is 9.52. The number of aryl methyl sites for hydroxylation is 1. The molecule has 10 nitrogen and oxygen atoms in total. The van der Waals surface area contributed by atoms with E-state index in [9.17, 15) is 13.2 Å². The average molecular weight is 445 g/mol. The van der Waals surface area contributed by atoms with Crippen LogP contribution in [0.25, 0.3) is 11.4 Å². The molecule has 0 spiro atoms. The highest BCUT2D eigenvalue weighted by Crippen LogP contribution is 2.24. The van der Waals surface area contributed by atoms with E-state index in [4.69, 9.17) is 0 Å². The molecule has 0 saturated carbocycles. The van der Waals surface area contributed by atoms with Gasteiger partial charge < -0.3 is 14.6 Å². The maximum absolute atomic E-state index is 12.2. The summed E-state index contributed by atoms with van der Waals surface area (Å²) in [6, 6.07) is 8.05. The highest BCUT2D eigenvalue weighted by Gasteiger charge is 2.16. The van der Waals surface area contributed by atoms with Crippen LogP contribution in [0.3, 0.4) is 0 Å². The van der Waals surface area contributed by atoms with Gasteiger partial charge in [-0.15, -0.1) is 0 Å². The van der Waals surface area contributed by atoms with E-state index in [1.807, 2.05) is 13.0 Å². The number of nitrogens with zero attached hydrogens (tertiary/aromatic N) is 4. The van der Waals surface area contributed by atoms with E-state index in [-0.39, 0.29) is 10.9 Å². The fourth-order valence-electron chi connectivity index (χ4n) is 3.01. The van der Waals surface area contributed by atoms with Crippen molar-refractivity contribution in [3.8, 4) is 11.4 Å². The van der Waals surface area contributed by atoms with Crippen molar-refractivity contribution >= 4 is 27.6 Å². The van der Waals surface area contributed by atoms with Gasteiger partial charge in [0, 0.05) is 17.9 Å². The maximum atomic E-state index is 12.2. The highest BCUT2D eigenvalue weighted by molar-refractivity contribution is 7.89. The largest absolute Gasteiger partial charge is 0.468 e. The average Bonchev–Trinajstić information content (AvgIpc) is 3.14. The van der Waals surface area contributed by atoms with Gasteiger partial charge in [0.15, 0.2) is 0 Å². The van der Waals surface area contributed by atoms with Gasteiger partial charge in [-0.3, -0.25) is 4.79 Å². The Kier molecular flexibility index (Phi) is 6.66. The lowest BCUT2D eigenvalue weighted by Gasteiger charge is -2.14. The molecule has 1 aromatic carbocycles. The van der Waals surface area contributed by atoms with E-state index in [0.717, 1.165) is 17.2 Å². The van der Waals surface area contributed by atoms with Crippen LogP contribution >= 0.6 is 0 Å². The summed E-state index contributed by atoms with van der Waals surface area (Å²) in [6.45, 7) is 5.66. The maximum Gasteiger partial charge on any atom is 0.320 e. The third-order valence-corrected chi connectivity index (χ3v) is 5.89. The highest BCUT2D eigenvalue weighted by atomic mass is 32.2. The molecule has 3 rings (SSSR count). The number of ether oxygens (including phenoxy) is 1. The van der Waals surface area contributed by atoms with Crippen molar-refractivity contribution in [2.45, 2.75) is 31.7 Å². The summed E-state index contributed by atoms with van der Waals surface area (Å²) in [5.74, 6) is 0.592. The number of sulfonamides is 1. The Morgan fingerprint density at radius 3 is 2.52 bits per heavy atom. The van der Waals surface area contributed by atoms with E-state index in [1.54, 1.807) is 24.5 Å². The molecule has 164 valence electrons. The number of anilines is 2. The summed E-state index contributed by atoms with van der Waals surface area (Å²) < 4.78 is 33.2. The first-order valence-corrected chi connectivity index (χ1v) is 11.0. The summed E-state index contributed by atoms with van der Waals surface area (Å²) >= 11 is 0. The van der Waals surface area contributed by atoms with Gasteiger partial charge >= 0.3 is 5.97 Å². The minimum absolute atomic E-state index is 0.0212. The summed E-state index contributed by atoms with van der Waals surface area (Å²) in [7, 11) is -2.64. The number of carbonyl (C=O) groups is 1. The monoisotopic (exact) mass is 444 g/mol. The van der Waals surface area contributed by atoms with E-state index in [0.29, 0.717) is 11.6 Å². The number of rotatable bonds is 8. The van der Waals surface area contributed by atoms with Gasteiger partial charge in [-0.25, -0.2) is 23.4 Å². The third-order valence-electron chi connectivity index (χ3n) is 4.47. The number of methoxy groups -OCH3 is 1. The molecule has 0 radical (unpaired) electrons. The summed E-state index contributed by atoms with van der Waals surface area (Å²) in [4.78, 5) is 24.4. The predicted octanol–water partition coefficient (Wildman–Crippen LogP) is 2.42. The Morgan fingerprint density at radius 2 is 1.87 bits per heavy atom. The first kappa shape index (κ1) is 22.4. The van der Waals surface area contributed by atoms with Gasteiger partial charge in [0.2, 0.25) is 16.0 Å². The number of hydrogen-bond acceptors (Lipinski definition) is 8. The minimum atomic E-state index is -3.83. The molecule has 0 aliphatic rings. The topological polar surface area (TPSA) is 128 Å². The van der Waals surface area contributed by atoms with Crippen LogP contribution in [0.1, 0.15) is 25.7 Å². The molecule has 0 saturated heterocycles. The molecule has 2 aromatic heterocycles. The first-order chi connectivity index (χ1) is 14.7. The number of carbonyl (C=O) groups excluding carboxylic acids is 1. The second-order valence-electron chi connectivity index (χ2n) is 6.97. The van der Waals surface area contributed by atoms with Gasteiger partial charge in [-0.05, 0) is 51.1 Å². The zero-order chi connectivity index (χ0) is 22.6. The molecule has 0 fully saturated rings. The van der Waals surface area contributed by atoms with E-state index in [2.05, 4.69) is 48.1 Å². The summed E-state index contributed by atoms with van der Waals surface area (Å²) in [6.07, 6.45) is 3.43. The van der Waals surface area contributed by atoms with Gasteiger partial charge in [-0.1, -0.05) is 0 Å². The fraction of sp³-hybridized carbons (Fsp3) is 0.300. The molecule has 2 heterocycles. The molecule has 11 heteroatoms. The molecule has 3 aromatic rings. The second kappa shape index (κ2) is 9.23. The SMILES string of the molecule is COC(=O)CNS(=O)(=O)c1ccc(Nc2nccc(-c3cnc(C)n3C(C)C)n2)cc1. The van der Waals surface area contributed by atoms with Gasteiger partial charge in [0.25, 0.3) is 0 Å². The molecule has 0 atom stereocenters. The van der Waals surface area contributed by atoms with Gasteiger partial charge in [0.05, 0.1) is 29.6 Å². The quantitative estimate of drug-likeness (QED) is 0.507. The summed E-state index contributed by atoms with van der Waals surface area (Å²) in [5.41, 5.74) is 2.21. The van der Waals surface area contributed by atoms with Crippen molar-refractivity contribution in [3.63, 3.8) is 0 Å². The Hall–Kier alpha value is -3.31. The molecular weight excluding hydrogens is 420 g/mol. The van der Waals surface area contributed by atoms with Crippen LogP contribution in [0, 0.1) is 6.92 Å². The standard InChI is InChI=1S/C20H24N6O4S/c1-13(2)26-14(3)22-11-18(26)17-9-10-21-20(25-17)24-15-5-7-16(8-6-15)31(28,29)23-12-19(27)30-4/h5-11,13,23H,12H2,1-4H3,(H,21,24,25). The third kappa shape index (κ3) is 5.25. The van der Waals surface area contributed by atoms with Crippen LogP contribution in [0.4, 0.5) is 11.6 Å². The van der Waals surface area contributed by atoms with Gasteiger partial charge in [0.1, 0.15) is 12.4 Å². The molecule has 0 aliphatic carbocycles. The zero-order valence-electron chi connectivity index (χ0n) is 17.7. The van der Waals surface area contributed by atoms with Crippen LogP contribution in [0.5, 0.6) is 0 Å². The Balaban J connectivity index is 1.77. The molecule has 0 aliphatic heterocycles. The lowest BCUT2D eigenvalue weighted by Crippen LogP contribution is -2.30. The fourth-order valence-corrected chi connectivity index (χ4v) is 3.98. The molecule has 0 unspecified atom stereocenters. The van der Waals surface area contributed by atoms with E-state index < -0.39 is 22.5 Å². The molecule has 2 N–H and O–H groups in total. The zero-order valence-corrected chi connectivity index (χ0v) is 18.5. The molecule has 0 bridgehead atoms. The van der Waals surface area contributed by atoms with E-state index >= 15 is 0 Å². The smallest absolute Gasteiger partial charge is 0.320 e. The minimum Gasteiger partial charge on any atom is -0.468 e. The van der Waals surface area contributed by atoms with Crippen molar-refractivity contribution in [3.05, 3.63) is 48.5 Å². The number of hydrogen-bond donors (Lipinski definition) is 2. The van der Waals surface area contributed by atoms with Crippen LogP contribution < -0.4 is 10.0 Å². The van der Waals surface area contributed by atoms with Crippen LogP contribution in [-0.4, -0.2) is 47.6 Å². The molecule has 0 amide bonds. The number of benzene rings is 1. The lowest BCUT2D eigenvalue weighted by molar-refractivity contribution is -0.139. The Labute approximate surface area is 180 Å². The Bertz CT molecular complexity index is 1170. The van der Waals surface area contributed by atoms with Crippen molar-refractivity contribution in [1.82, 2.24) is 24.2 Å². The lowest BCUT2D eigenvalue weighted by atomic mass is 10.2. The Morgan fingerprint density at radius 1 is 1.16 bits per heavy atom. The normalized spacial score (nSPS) is 11.5. The molecular formula is C20H24N6O4S. The van der Waals surface area contributed by atoms with Gasteiger partial charge in [-0.2, -0.15) is 4.72 Å². The van der Waals surface area contributed by atoms with Crippen molar-refractivity contribution in [1.29, 1.82) is 0 Å². The number of esters is 1. The van der Waals surface area contributed by atoms with Crippen LogP contribution in [-0.2, 0) is 19.6 Å². The van der Waals surface area contributed by atoms with E-state index in [1.165, 1.54) is 19.2 Å². The van der Waals surface area contributed by atoms with Crippen molar-refractivity contribution < 1.29 is 17.9 Å². The van der Waals surface area contributed by atoms with Crippen molar-refractivity contribution in [2.75, 3.05) is 19.0 Å². The predicted molar refractivity (Wildman–Crippen MR) is 115 cm³/mol. The van der Waals surface area contributed by atoms with Crippen LogP contribution in [0.15, 0.2) is 47.6 Å². The summed E-state index contributed by atoms with van der Waals surface area (Å²) in [5, 5.41) is 3.07. The number of nitrogens with one attached hydrogen (secondary N) is 2.